The second kappa shape index (κ2) is 4.81. The van der Waals surface area contributed by atoms with Gasteiger partial charge in [-0.15, -0.1) is 11.6 Å². The number of halogens is 1. The van der Waals surface area contributed by atoms with Crippen LogP contribution in [0, 0.1) is 0 Å². The molecular formula is C14H17ClO3. The van der Waals surface area contributed by atoms with Crippen molar-refractivity contribution in [3.05, 3.63) is 29.3 Å². The largest absolute Gasteiger partial charge is 0.487 e. The number of alkyl halides is 1. The van der Waals surface area contributed by atoms with Crippen molar-refractivity contribution in [2.75, 3.05) is 6.61 Å². The highest BCUT2D eigenvalue weighted by atomic mass is 35.5. The Labute approximate surface area is 112 Å². The molecule has 0 spiro atoms. The molecule has 0 saturated heterocycles. The Kier molecular flexibility index (Phi) is 3.53. The van der Waals surface area contributed by atoms with Gasteiger partial charge in [-0.3, -0.25) is 4.79 Å². The number of esters is 1. The molecule has 1 aromatic carbocycles. The summed E-state index contributed by atoms with van der Waals surface area (Å²) in [4.78, 5) is 11.7. The van der Waals surface area contributed by atoms with Gasteiger partial charge in [0.1, 0.15) is 11.4 Å². The smallest absolute Gasteiger partial charge is 0.328 e. The summed E-state index contributed by atoms with van der Waals surface area (Å²) in [6.45, 7) is 6.12. The maximum atomic E-state index is 11.7. The fourth-order valence-electron chi connectivity index (χ4n) is 2.18. The number of hydrogen-bond acceptors (Lipinski definition) is 3. The van der Waals surface area contributed by atoms with Crippen molar-refractivity contribution in [3.63, 3.8) is 0 Å². The molecule has 1 heterocycles. The minimum Gasteiger partial charge on any atom is -0.487 e. The van der Waals surface area contributed by atoms with E-state index < -0.39 is 11.3 Å². The first-order valence-electron chi connectivity index (χ1n) is 6.06. The normalized spacial score (nSPS) is 17.8. The second-order valence-electron chi connectivity index (χ2n) is 4.99. The Morgan fingerprint density at radius 3 is 2.94 bits per heavy atom. The van der Waals surface area contributed by atoms with Gasteiger partial charge in [0, 0.05) is 12.0 Å². The van der Waals surface area contributed by atoms with Gasteiger partial charge in [0.2, 0.25) is 0 Å². The molecule has 0 radical (unpaired) electrons. The summed E-state index contributed by atoms with van der Waals surface area (Å²) in [5, 5.41) is -0.811. The lowest BCUT2D eigenvalue weighted by Crippen LogP contribution is -2.25. The van der Waals surface area contributed by atoms with Crippen LogP contribution in [0.25, 0.3) is 0 Å². The van der Waals surface area contributed by atoms with Crippen LogP contribution in [0.15, 0.2) is 18.2 Å². The molecule has 0 fully saturated rings. The van der Waals surface area contributed by atoms with Crippen LogP contribution < -0.4 is 4.74 Å². The monoisotopic (exact) mass is 268 g/mol. The predicted molar refractivity (Wildman–Crippen MR) is 70.1 cm³/mol. The van der Waals surface area contributed by atoms with Crippen molar-refractivity contribution in [3.8, 4) is 5.75 Å². The first-order chi connectivity index (χ1) is 8.44. The van der Waals surface area contributed by atoms with Gasteiger partial charge in [0.15, 0.2) is 5.38 Å². The number of para-hydroxylation sites is 1. The molecule has 4 heteroatoms. The van der Waals surface area contributed by atoms with E-state index in [0.29, 0.717) is 12.2 Å². The van der Waals surface area contributed by atoms with Gasteiger partial charge in [-0.25, -0.2) is 0 Å². The Morgan fingerprint density at radius 1 is 1.56 bits per heavy atom. The molecular weight excluding hydrogens is 252 g/mol. The highest BCUT2D eigenvalue weighted by Crippen LogP contribution is 2.41. The van der Waals surface area contributed by atoms with E-state index >= 15 is 0 Å². The Balaban J connectivity index is 2.32. The molecule has 0 amide bonds. The van der Waals surface area contributed by atoms with Crippen LogP contribution in [0.5, 0.6) is 5.75 Å². The molecule has 0 aromatic heterocycles. The number of rotatable bonds is 3. The van der Waals surface area contributed by atoms with Gasteiger partial charge < -0.3 is 9.47 Å². The van der Waals surface area contributed by atoms with Gasteiger partial charge in [-0.05, 0) is 26.3 Å². The average molecular weight is 269 g/mol. The Hall–Kier alpha value is -1.22. The van der Waals surface area contributed by atoms with E-state index in [-0.39, 0.29) is 5.60 Å². The van der Waals surface area contributed by atoms with Crippen molar-refractivity contribution in [1.29, 1.82) is 0 Å². The zero-order valence-electron chi connectivity index (χ0n) is 10.8. The van der Waals surface area contributed by atoms with E-state index in [1.807, 2.05) is 32.0 Å². The summed E-state index contributed by atoms with van der Waals surface area (Å²) in [5.41, 5.74) is 1.54. The average Bonchev–Trinajstić information content (AvgIpc) is 2.61. The molecule has 0 N–H and O–H groups in total. The summed E-state index contributed by atoms with van der Waals surface area (Å²) in [6, 6.07) is 5.71. The summed E-state index contributed by atoms with van der Waals surface area (Å²) < 4.78 is 10.8. The standard InChI is InChI=1S/C14H17ClO3/c1-4-17-13(16)11(15)10-7-5-6-9-8-14(2,3)18-12(9)10/h5-7,11H,4,8H2,1-3H3. The topological polar surface area (TPSA) is 35.5 Å². The van der Waals surface area contributed by atoms with Crippen LogP contribution >= 0.6 is 11.6 Å². The summed E-state index contributed by atoms with van der Waals surface area (Å²) >= 11 is 6.16. The number of ether oxygens (including phenoxy) is 2. The van der Waals surface area contributed by atoms with Crippen LogP contribution in [0.3, 0.4) is 0 Å². The lowest BCUT2D eigenvalue weighted by Gasteiger charge is -2.19. The van der Waals surface area contributed by atoms with Gasteiger partial charge >= 0.3 is 5.97 Å². The van der Waals surface area contributed by atoms with Crippen LogP contribution in [-0.4, -0.2) is 18.2 Å². The number of hydrogen-bond donors (Lipinski definition) is 0. The molecule has 98 valence electrons. The third kappa shape index (κ3) is 2.46. The molecule has 1 atom stereocenters. The molecule has 1 aromatic rings. The zero-order chi connectivity index (χ0) is 13.3. The molecule has 0 bridgehead atoms. The molecule has 1 unspecified atom stereocenters. The van der Waals surface area contributed by atoms with Crippen molar-refractivity contribution in [2.45, 2.75) is 38.2 Å². The van der Waals surface area contributed by atoms with Gasteiger partial charge in [0.05, 0.1) is 6.61 Å². The molecule has 2 rings (SSSR count). The highest BCUT2D eigenvalue weighted by Gasteiger charge is 2.34. The van der Waals surface area contributed by atoms with Crippen molar-refractivity contribution < 1.29 is 14.3 Å². The molecule has 0 saturated carbocycles. The Bertz CT molecular complexity index is 468. The van der Waals surface area contributed by atoms with Gasteiger partial charge in [-0.2, -0.15) is 0 Å². The van der Waals surface area contributed by atoms with Crippen molar-refractivity contribution >= 4 is 17.6 Å². The first-order valence-corrected chi connectivity index (χ1v) is 6.50. The van der Waals surface area contributed by atoms with E-state index in [2.05, 4.69) is 0 Å². The quantitative estimate of drug-likeness (QED) is 0.624. The van der Waals surface area contributed by atoms with E-state index in [4.69, 9.17) is 21.1 Å². The molecule has 3 nitrogen and oxygen atoms in total. The SMILES string of the molecule is CCOC(=O)C(Cl)c1cccc2c1OC(C)(C)C2. The number of carbonyl (C=O) groups excluding carboxylic acids is 1. The zero-order valence-corrected chi connectivity index (χ0v) is 11.6. The lowest BCUT2D eigenvalue weighted by molar-refractivity contribution is -0.142. The van der Waals surface area contributed by atoms with E-state index in [1.165, 1.54) is 0 Å². The third-order valence-electron chi connectivity index (χ3n) is 2.89. The van der Waals surface area contributed by atoms with E-state index in [0.717, 1.165) is 17.7 Å². The number of fused-ring (bicyclic) bond motifs is 1. The van der Waals surface area contributed by atoms with Crippen LogP contribution in [-0.2, 0) is 16.0 Å². The minimum atomic E-state index is -0.811. The second-order valence-corrected chi connectivity index (χ2v) is 5.43. The summed E-state index contributed by atoms with van der Waals surface area (Å²) in [6.07, 6.45) is 0.822. The molecule has 1 aliphatic rings. The van der Waals surface area contributed by atoms with Crippen LogP contribution in [0.4, 0.5) is 0 Å². The fourth-order valence-corrected chi connectivity index (χ4v) is 2.42. The van der Waals surface area contributed by atoms with Crippen molar-refractivity contribution in [1.82, 2.24) is 0 Å². The van der Waals surface area contributed by atoms with Gasteiger partial charge in [0.25, 0.3) is 0 Å². The third-order valence-corrected chi connectivity index (χ3v) is 3.30. The fraction of sp³-hybridized carbons (Fsp3) is 0.500. The summed E-state index contributed by atoms with van der Waals surface area (Å²) in [7, 11) is 0. The maximum absolute atomic E-state index is 11.7. The minimum absolute atomic E-state index is 0.246. The highest BCUT2D eigenvalue weighted by molar-refractivity contribution is 6.30. The number of benzene rings is 1. The Morgan fingerprint density at radius 2 is 2.28 bits per heavy atom. The van der Waals surface area contributed by atoms with Gasteiger partial charge in [-0.1, -0.05) is 18.2 Å². The molecule has 1 aliphatic heterocycles. The lowest BCUT2D eigenvalue weighted by atomic mass is 10.00. The predicted octanol–water partition coefficient (Wildman–Crippen LogP) is 3.24. The molecule has 18 heavy (non-hydrogen) atoms. The first kappa shape index (κ1) is 13.2. The molecule has 0 aliphatic carbocycles. The number of carbonyl (C=O) groups is 1. The van der Waals surface area contributed by atoms with Crippen LogP contribution in [0.2, 0.25) is 0 Å². The summed E-state index contributed by atoms with van der Waals surface area (Å²) in [5.74, 6) is 0.302. The maximum Gasteiger partial charge on any atom is 0.328 e. The van der Waals surface area contributed by atoms with Crippen LogP contribution in [0.1, 0.15) is 37.3 Å². The van der Waals surface area contributed by atoms with E-state index in [1.54, 1.807) is 6.92 Å². The van der Waals surface area contributed by atoms with Crippen molar-refractivity contribution in [2.24, 2.45) is 0 Å². The van der Waals surface area contributed by atoms with E-state index in [9.17, 15) is 4.79 Å².